The molecule has 0 saturated heterocycles. The van der Waals surface area contributed by atoms with Gasteiger partial charge in [0.2, 0.25) is 0 Å². The lowest BCUT2D eigenvalue weighted by Crippen LogP contribution is -2.17. The first-order valence-electron chi connectivity index (χ1n) is 3.61. The molecule has 3 aromatic heterocycles. The van der Waals surface area contributed by atoms with Gasteiger partial charge in [0.25, 0.3) is 0 Å². The Morgan fingerprint density at radius 3 is 3.31 bits per heavy atom. The van der Waals surface area contributed by atoms with Gasteiger partial charge in [0.1, 0.15) is 12.0 Å². The van der Waals surface area contributed by atoms with E-state index >= 15 is 0 Å². The molecule has 7 heteroatoms. The van der Waals surface area contributed by atoms with E-state index in [4.69, 9.17) is 0 Å². The molecule has 7 nitrogen and oxygen atoms in total. The number of aromatic nitrogens is 6. The van der Waals surface area contributed by atoms with Gasteiger partial charge in [-0.1, -0.05) is 0 Å². The van der Waals surface area contributed by atoms with E-state index in [0.717, 1.165) is 5.39 Å². The Morgan fingerprint density at radius 1 is 1.46 bits per heavy atom. The van der Waals surface area contributed by atoms with Crippen molar-refractivity contribution >= 4 is 16.7 Å². The number of nitrogens with zero attached hydrogens (tertiary/aromatic N) is 4. The largest absolute Gasteiger partial charge is 0.349 e. The molecule has 0 unspecified atom stereocenters. The van der Waals surface area contributed by atoms with E-state index in [1.807, 2.05) is 0 Å². The van der Waals surface area contributed by atoms with Crippen LogP contribution in [0.3, 0.4) is 0 Å². The zero-order valence-corrected chi connectivity index (χ0v) is 6.35. The van der Waals surface area contributed by atoms with Crippen molar-refractivity contribution in [3.8, 4) is 0 Å². The monoisotopic (exact) mass is 176 g/mol. The summed E-state index contributed by atoms with van der Waals surface area (Å²) in [5, 5.41) is 11.0. The van der Waals surface area contributed by atoms with E-state index in [2.05, 4.69) is 25.3 Å². The Hall–Kier alpha value is -2.18. The molecule has 0 bridgehead atoms. The van der Waals surface area contributed by atoms with E-state index in [1.54, 1.807) is 6.20 Å². The third-order valence-electron chi connectivity index (χ3n) is 1.85. The summed E-state index contributed by atoms with van der Waals surface area (Å²) >= 11 is 0. The fraction of sp³-hybridized carbons (Fsp3) is 0. The maximum absolute atomic E-state index is 11.3. The van der Waals surface area contributed by atoms with Gasteiger partial charge in [-0.25, -0.2) is 9.78 Å². The Bertz CT molecular complexity index is 631. The van der Waals surface area contributed by atoms with Crippen LogP contribution in [-0.4, -0.2) is 29.8 Å². The third-order valence-corrected chi connectivity index (χ3v) is 1.85. The lowest BCUT2D eigenvalue weighted by atomic mass is 10.4. The van der Waals surface area contributed by atoms with Crippen LogP contribution in [0, 0.1) is 0 Å². The van der Waals surface area contributed by atoms with Crippen LogP contribution in [0.5, 0.6) is 0 Å². The van der Waals surface area contributed by atoms with Crippen molar-refractivity contribution < 1.29 is 0 Å². The van der Waals surface area contributed by atoms with Gasteiger partial charge in [0, 0.05) is 0 Å². The molecule has 3 aromatic rings. The number of rotatable bonds is 0. The fourth-order valence-corrected chi connectivity index (χ4v) is 1.28. The highest BCUT2D eigenvalue weighted by molar-refractivity contribution is 5.87. The molecule has 0 atom stereocenters. The van der Waals surface area contributed by atoms with E-state index in [9.17, 15) is 4.79 Å². The van der Waals surface area contributed by atoms with Crippen molar-refractivity contribution in [1.29, 1.82) is 0 Å². The molecule has 0 aliphatic carbocycles. The number of fused-ring (bicyclic) bond motifs is 3. The predicted octanol–water partition coefficient (Wildman–Crippen LogP) is -0.706. The smallest absolute Gasteiger partial charge is 0.290 e. The predicted molar refractivity (Wildman–Crippen MR) is 43.3 cm³/mol. The first kappa shape index (κ1) is 6.35. The van der Waals surface area contributed by atoms with Crippen LogP contribution >= 0.6 is 0 Å². The van der Waals surface area contributed by atoms with Gasteiger partial charge in [0.05, 0.1) is 11.6 Å². The zero-order chi connectivity index (χ0) is 8.84. The topological polar surface area (TPSA) is 91.7 Å². The molecule has 13 heavy (non-hydrogen) atoms. The molecule has 2 N–H and O–H groups in total. The molecule has 0 spiro atoms. The van der Waals surface area contributed by atoms with Gasteiger partial charge in [-0.2, -0.15) is 14.7 Å². The summed E-state index contributed by atoms with van der Waals surface area (Å²) in [7, 11) is 0. The molecule has 0 radical (unpaired) electrons. The number of nitrogens with one attached hydrogen (secondary N) is 2. The Labute approximate surface area is 70.4 Å². The van der Waals surface area contributed by atoms with Gasteiger partial charge < -0.3 is 0 Å². The van der Waals surface area contributed by atoms with Crippen LogP contribution in [0.15, 0.2) is 17.3 Å². The van der Waals surface area contributed by atoms with Crippen molar-refractivity contribution in [1.82, 2.24) is 29.8 Å². The second kappa shape index (κ2) is 1.94. The van der Waals surface area contributed by atoms with Gasteiger partial charge in [0.15, 0.2) is 5.65 Å². The Balaban J connectivity index is 2.79. The molecule has 0 fully saturated rings. The maximum Gasteiger partial charge on any atom is 0.349 e. The first-order chi connectivity index (χ1) is 6.36. The van der Waals surface area contributed by atoms with Gasteiger partial charge in [-0.15, -0.1) is 0 Å². The normalized spacial score (nSPS) is 11.4. The van der Waals surface area contributed by atoms with Crippen molar-refractivity contribution in [3.05, 3.63) is 23.0 Å². The third kappa shape index (κ3) is 0.675. The zero-order valence-electron chi connectivity index (χ0n) is 6.35. The van der Waals surface area contributed by atoms with Crippen molar-refractivity contribution in [2.75, 3.05) is 0 Å². The van der Waals surface area contributed by atoms with Crippen LogP contribution < -0.4 is 5.69 Å². The van der Waals surface area contributed by atoms with E-state index in [-0.39, 0.29) is 5.69 Å². The molecule has 3 rings (SSSR count). The standard InChI is InChI=1S/C6H4N6O/c13-6-10-4-3(1-8-11-4)5-7-2-9-12(5)6/h1-2H,(H2,8,10,11,13). The highest BCUT2D eigenvalue weighted by Crippen LogP contribution is 2.09. The second-order valence-electron chi connectivity index (χ2n) is 2.58. The lowest BCUT2D eigenvalue weighted by Gasteiger charge is -1.90. The molecule has 3 heterocycles. The summed E-state index contributed by atoms with van der Waals surface area (Å²) in [6.07, 6.45) is 2.92. The van der Waals surface area contributed by atoms with Crippen LogP contribution in [0.25, 0.3) is 16.7 Å². The minimum absolute atomic E-state index is 0.329. The molecular formula is C6H4N6O. The summed E-state index contributed by atoms with van der Waals surface area (Å²) in [4.78, 5) is 17.8. The van der Waals surface area contributed by atoms with Gasteiger partial charge in [-0.05, 0) is 0 Å². The molecule has 0 aliphatic heterocycles. The van der Waals surface area contributed by atoms with Crippen LogP contribution in [0.2, 0.25) is 0 Å². The summed E-state index contributed by atoms with van der Waals surface area (Å²) < 4.78 is 1.19. The first-order valence-corrected chi connectivity index (χ1v) is 3.61. The van der Waals surface area contributed by atoms with Crippen LogP contribution in [0.4, 0.5) is 0 Å². The van der Waals surface area contributed by atoms with Gasteiger partial charge >= 0.3 is 5.69 Å². The number of hydrogen-bond donors (Lipinski definition) is 2. The molecule has 64 valence electrons. The summed E-state index contributed by atoms with van der Waals surface area (Å²) in [6, 6.07) is 0. The van der Waals surface area contributed by atoms with Crippen LogP contribution in [-0.2, 0) is 0 Å². The van der Waals surface area contributed by atoms with E-state index < -0.39 is 0 Å². The van der Waals surface area contributed by atoms with Gasteiger partial charge in [-0.3, -0.25) is 10.1 Å². The second-order valence-corrected chi connectivity index (χ2v) is 2.58. The summed E-state index contributed by atoms with van der Waals surface area (Å²) in [6.45, 7) is 0. The van der Waals surface area contributed by atoms with E-state index in [0.29, 0.717) is 11.3 Å². The minimum Gasteiger partial charge on any atom is -0.290 e. The summed E-state index contributed by atoms with van der Waals surface area (Å²) in [5.74, 6) is 0. The quantitative estimate of drug-likeness (QED) is 0.473. The Morgan fingerprint density at radius 2 is 2.38 bits per heavy atom. The van der Waals surface area contributed by atoms with E-state index in [1.165, 1.54) is 10.8 Å². The molecular weight excluding hydrogens is 172 g/mol. The summed E-state index contributed by atoms with van der Waals surface area (Å²) in [5.41, 5.74) is 0.738. The number of H-pyrrole nitrogens is 2. The molecule has 0 amide bonds. The highest BCUT2D eigenvalue weighted by atomic mass is 16.1. The maximum atomic E-state index is 11.3. The highest BCUT2D eigenvalue weighted by Gasteiger charge is 2.06. The van der Waals surface area contributed by atoms with Crippen molar-refractivity contribution in [2.24, 2.45) is 0 Å². The minimum atomic E-state index is -0.329. The SMILES string of the molecule is O=c1[nH]c2[nH]ncc2c2ncnn12. The molecule has 0 saturated carbocycles. The molecule has 0 aromatic carbocycles. The fourth-order valence-electron chi connectivity index (χ4n) is 1.28. The van der Waals surface area contributed by atoms with Crippen molar-refractivity contribution in [3.63, 3.8) is 0 Å². The average molecular weight is 176 g/mol. The number of hydrogen-bond acceptors (Lipinski definition) is 4. The Kier molecular flexibility index (Phi) is 0.950. The lowest BCUT2D eigenvalue weighted by molar-refractivity contribution is 0.878. The van der Waals surface area contributed by atoms with Crippen molar-refractivity contribution in [2.45, 2.75) is 0 Å². The molecule has 0 aliphatic rings. The average Bonchev–Trinajstić information content (AvgIpc) is 2.66. The number of aromatic amines is 2. The van der Waals surface area contributed by atoms with Crippen LogP contribution in [0.1, 0.15) is 0 Å².